The molecule has 0 aromatic carbocycles. The minimum absolute atomic E-state index is 0.158. The average molecular weight is 158 g/mol. The van der Waals surface area contributed by atoms with Crippen LogP contribution in [0, 0.1) is 0 Å². The van der Waals surface area contributed by atoms with Gasteiger partial charge in [0.2, 0.25) is 5.91 Å². The molecule has 0 aromatic heterocycles. The standard InChI is InChI=1S/C8H18N2O/c1-3-9-7-5-6-8(11)10-4-2/h9H,3-7H2,1-2H3,(H,10,11). The number of hydrogen-bond donors (Lipinski definition) is 2. The number of rotatable bonds is 6. The first kappa shape index (κ1) is 10.4. The first-order valence-corrected chi connectivity index (χ1v) is 4.28. The van der Waals surface area contributed by atoms with Crippen molar-refractivity contribution in [2.75, 3.05) is 19.6 Å². The van der Waals surface area contributed by atoms with Gasteiger partial charge in [0.25, 0.3) is 0 Å². The molecule has 0 aliphatic rings. The molecule has 0 radical (unpaired) electrons. The summed E-state index contributed by atoms with van der Waals surface area (Å²) in [4.78, 5) is 10.9. The van der Waals surface area contributed by atoms with Crippen molar-refractivity contribution in [3.63, 3.8) is 0 Å². The maximum atomic E-state index is 10.9. The predicted molar refractivity (Wildman–Crippen MR) is 46.5 cm³/mol. The molecule has 2 N–H and O–H groups in total. The normalized spacial score (nSPS) is 9.64. The van der Waals surface area contributed by atoms with E-state index in [0.29, 0.717) is 6.42 Å². The van der Waals surface area contributed by atoms with Gasteiger partial charge >= 0.3 is 0 Å². The monoisotopic (exact) mass is 158 g/mol. The summed E-state index contributed by atoms with van der Waals surface area (Å²) in [6.07, 6.45) is 1.57. The lowest BCUT2D eigenvalue weighted by Gasteiger charge is -2.01. The van der Waals surface area contributed by atoms with Crippen molar-refractivity contribution in [2.24, 2.45) is 0 Å². The van der Waals surface area contributed by atoms with Gasteiger partial charge in [-0.2, -0.15) is 0 Å². The predicted octanol–water partition coefficient (Wildman–Crippen LogP) is 0.512. The van der Waals surface area contributed by atoms with E-state index in [1.165, 1.54) is 0 Å². The third kappa shape index (κ3) is 7.33. The highest BCUT2D eigenvalue weighted by Gasteiger charge is 1.96. The van der Waals surface area contributed by atoms with Gasteiger partial charge in [0, 0.05) is 13.0 Å². The zero-order chi connectivity index (χ0) is 8.53. The maximum absolute atomic E-state index is 10.9. The van der Waals surface area contributed by atoms with Crippen molar-refractivity contribution >= 4 is 5.91 Å². The van der Waals surface area contributed by atoms with Crippen molar-refractivity contribution in [1.82, 2.24) is 10.6 Å². The van der Waals surface area contributed by atoms with Crippen LogP contribution in [-0.2, 0) is 4.79 Å². The molecule has 0 fully saturated rings. The first-order valence-electron chi connectivity index (χ1n) is 4.28. The second kappa shape index (κ2) is 7.54. The van der Waals surface area contributed by atoms with Crippen LogP contribution in [0.2, 0.25) is 0 Å². The zero-order valence-electron chi connectivity index (χ0n) is 7.44. The number of carbonyl (C=O) groups is 1. The first-order chi connectivity index (χ1) is 5.31. The number of hydrogen-bond acceptors (Lipinski definition) is 2. The summed E-state index contributed by atoms with van der Waals surface area (Å²) in [5.41, 5.74) is 0. The molecular weight excluding hydrogens is 140 g/mol. The highest BCUT2D eigenvalue weighted by molar-refractivity contribution is 5.75. The third-order valence-electron chi connectivity index (χ3n) is 1.38. The molecule has 11 heavy (non-hydrogen) atoms. The Morgan fingerprint density at radius 1 is 1.27 bits per heavy atom. The zero-order valence-corrected chi connectivity index (χ0v) is 7.44. The molecule has 3 heteroatoms. The van der Waals surface area contributed by atoms with Crippen LogP contribution in [-0.4, -0.2) is 25.5 Å². The van der Waals surface area contributed by atoms with E-state index in [4.69, 9.17) is 0 Å². The number of carbonyl (C=O) groups excluding carboxylic acids is 1. The van der Waals surface area contributed by atoms with Crippen LogP contribution >= 0.6 is 0 Å². The van der Waals surface area contributed by atoms with Gasteiger partial charge in [0.15, 0.2) is 0 Å². The Balaban J connectivity index is 3.04. The quantitative estimate of drug-likeness (QED) is 0.553. The second-order valence-electron chi connectivity index (χ2n) is 2.41. The Labute approximate surface area is 68.6 Å². The summed E-state index contributed by atoms with van der Waals surface area (Å²) in [6, 6.07) is 0. The van der Waals surface area contributed by atoms with E-state index in [9.17, 15) is 4.79 Å². The second-order valence-corrected chi connectivity index (χ2v) is 2.41. The van der Waals surface area contributed by atoms with Crippen LogP contribution in [0.1, 0.15) is 26.7 Å². The smallest absolute Gasteiger partial charge is 0.220 e. The molecule has 3 nitrogen and oxygen atoms in total. The Kier molecular flexibility index (Phi) is 7.15. The van der Waals surface area contributed by atoms with Gasteiger partial charge in [0.1, 0.15) is 0 Å². The SMILES string of the molecule is CCNCCCC(=O)NCC. The summed E-state index contributed by atoms with van der Waals surface area (Å²) in [6.45, 7) is 6.65. The molecule has 0 saturated heterocycles. The summed E-state index contributed by atoms with van der Waals surface area (Å²) >= 11 is 0. The lowest BCUT2D eigenvalue weighted by molar-refractivity contribution is -0.121. The molecule has 0 aromatic rings. The van der Waals surface area contributed by atoms with E-state index in [1.807, 2.05) is 6.92 Å². The van der Waals surface area contributed by atoms with E-state index in [0.717, 1.165) is 26.1 Å². The van der Waals surface area contributed by atoms with Crippen LogP contribution in [0.3, 0.4) is 0 Å². The van der Waals surface area contributed by atoms with Gasteiger partial charge in [-0.05, 0) is 26.4 Å². The van der Waals surface area contributed by atoms with Gasteiger partial charge in [-0.3, -0.25) is 4.79 Å². The molecule has 0 bridgehead atoms. The minimum atomic E-state index is 0.158. The van der Waals surface area contributed by atoms with Crippen LogP contribution in [0.15, 0.2) is 0 Å². The van der Waals surface area contributed by atoms with E-state index < -0.39 is 0 Å². The van der Waals surface area contributed by atoms with Crippen molar-refractivity contribution in [3.8, 4) is 0 Å². The topological polar surface area (TPSA) is 41.1 Å². The third-order valence-corrected chi connectivity index (χ3v) is 1.38. The van der Waals surface area contributed by atoms with Crippen LogP contribution in [0.5, 0.6) is 0 Å². The highest BCUT2D eigenvalue weighted by Crippen LogP contribution is 1.85. The van der Waals surface area contributed by atoms with E-state index in [2.05, 4.69) is 17.6 Å². The van der Waals surface area contributed by atoms with Gasteiger partial charge in [-0.15, -0.1) is 0 Å². The fourth-order valence-corrected chi connectivity index (χ4v) is 0.836. The number of nitrogens with one attached hydrogen (secondary N) is 2. The Hall–Kier alpha value is -0.570. The van der Waals surface area contributed by atoms with Crippen LogP contribution < -0.4 is 10.6 Å². The molecule has 0 rings (SSSR count). The molecule has 0 saturated carbocycles. The van der Waals surface area contributed by atoms with Crippen LogP contribution in [0.4, 0.5) is 0 Å². The van der Waals surface area contributed by atoms with E-state index >= 15 is 0 Å². The van der Waals surface area contributed by atoms with Gasteiger partial charge < -0.3 is 10.6 Å². The maximum Gasteiger partial charge on any atom is 0.220 e. The molecule has 0 heterocycles. The van der Waals surface area contributed by atoms with Gasteiger partial charge in [0.05, 0.1) is 0 Å². The molecule has 0 atom stereocenters. The van der Waals surface area contributed by atoms with E-state index in [-0.39, 0.29) is 5.91 Å². The lowest BCUT2D eigenvalue weighted by Crippen LogP contribution is -2.24. The molecule has 66 valence electrons. The fourth-order valence-electron chi connectivity index (χ4n) is 0.836. The molecule has 0 unspecified atom stereocenters. The summed E-state index contributed by atoms with van der Waals surface area (Å²) in [5.74, 6) is 0.158. The molecular formula is C8H18N2O. The Morgan fingerprint density at radius 2 is 2.00 bits per heavy atom. The molecule has 0 spiro atoms. The molecule has 0 aliphatic carbocycles. The largest absolute Gasteiger partial charge is 0.356 e. The number of amides is 1. The highest BCUT2D eigenvalue weighted by atomic mass is 16.1. The minimum Gasteiger partial charge on any atom is -0.356 e. The van der Waals surface area contributed by atoms with Gasteiger partial charge in [-0.1, -0.05) is 6.92 Å². The van der Waals surface area contributed by atoms with Crippen molar-refractivity contribution < 1.29 is 4.79 Å². The van der Waals surface area contributed by atoms with Crippen molar-refractivity contribution in [3.05, 3.63) is 0 Å². The van der Waals surface area contributed by atoms with E-state index in [1.54, 1.807) is 0 Å². The Morgan fingerprint density at radius 3 is 2.55 bits per heavy atom. The Bertz CT molecular complexity index is 104. The average Bonchev–Trinajstić information content (AvgIpc) is 1.99. The van der Waals surface area contributed by atoms with Crippen LogP contribution in [0.25, 0.3) is 0 Å². The molecule has 1 amide bonds. The van der Waals surface area contributed by atoms with Gasteiger partial charge in [-0.25, -0.2) is 0 Å². The summed E-state index contributed by atoms with van der Waals surface area (Å²) in [5, 5.41) is 5.92. The lowest BCUT2D eigenvalue weighted by atomic mass is 10.3. The van der Waals surface area contributed by atoms with Crippen molar-refractivity contribution in [1.29, 1.82) is 0 Å². The summed E-state index contributed by atoms with van der Waals surface area (Å²) < 4.78 is 0. The summed E-state index contributed by atoms with van der Waals surface area (Å²) in [7, 11) is 0. The van der Waals surface area contributed by atoms with Crippen molar-refractivity contribution in [2.45, 2.75) is 26.7 Å². The fraction of sp³-hybridized carbons (Fsp3) is 0.875. The molecule has 0 aliphatic heterocycles.